The summed E-state index contributed by atoms with van der Waals surface area (Å²) in [4.78, 5) is 14.9. The monoisotopic (exact) mass is 708 g/mol. The van der Waals surface area contributed by atoms with Crippen LogP contribution in [0.25, 0.3) is 0 Å². The minimum atomic E-state index is -3.97. The molecule has 5 aromatic carbocycles. The van der Waals surface area contributed by atoms with E-state index in [2.05, 4.69) is 22.2 Å². The average molecular weight is 709 g/mol. The summed E-state index contributed by atoms with van der Waals surface area (Å²) in [6.45, 7) is 1.86. The molecule has 1 heterocycles. The lowest BCUT2D eigenvalue weighted by Crippen LogP contribution is -2.45. The van der Waals surface area contributed by atoms with Crippen LogP contribution in [-0.2, 0) is 37.3 Å². The summed E-state index contributed by atoms with van der Waals surface area (Å²) in [5.74, 6) is 0.261. The lowest BCUT2D eigenvalue weighted by molar-refractivity contribution is -0.245. The van der Waals surface area contributed by atoms with Gasteiger partial charge in [-0.3, -0.25) is 4.79 Å². The van der Waals surface area contributed by atoms with Gasteiger partial charge in [0.05, 0.1) is 23.7 Å². The third-order valence-corrected chi connectivity index (χ3v) is 11.1. The molecule has 258 valence electrons. The zero-order chi connectivity index (χ0) is 34.9. The molecule has 1 fully saturated rings. The summed E-state index contributed by atoms with van der Waals surface area (Å²) in [5.41, 5.74) is 4.89. The van der Waals surface area contributed by atoms with Crippen molar-refractivity contribution in [2.24, 2.45) is 0 Å². The number of ether oxygens (including phenoxy) is 2. The van der Waals surface area contributed by atoms with Crippen molar-refractivity contribution >= 4 is 33.4 Å². The zero-order valence-electron chi connectivity index (χ0n) is 27.6. The van der Waals surface area contributed by atoms with Crippen LogP contribution in [0.15, 0.2) is 143 Å². The van der Waals surface area contributed by atoms with Gasteiger partial charge in [0.2, 0.25) is 15.9 Å². The van der Waals surface area contributed by atoms with Crippen LogP contribution >= 0.6 is 11.8 Å². The molecule has 50 heavy (non-hydrogen) atoms. The van der Waals surface area contributed by atoms with Crippen molar-refractivity contribution in [3.8, 4) is 0 Å². The minimum absolute atomic E-state index is 0.0254. The summed E-state index contributed by atoms with van der Waals surface area (Å²) in [6, 6.07) is 39.9. The average Bonchev–Trinajstić information content (AvgIpc) is 3.15. The summed E-state index contributed by atoms with van der Waals surface area (Å²) in [5, 5.41) is 12.4. The summed E-state index contributed by atoms with van der Waals surface area (Å²) < 4.78 is 42.2. The van der Waals surface area contributed by atoms with Crippen LogP contribution in [0.5, 0.6) is 0 Å². The minimum Gasteiger partial charge on any atom is -0.392 e. The molecular weight excluding hydrogens is 669 g/mol. The van der Waals surface area contributed by atoms with E-state index in [1.165, 1.54) is 12.1 Å². The second-order valence-electron chi connectivity index (χ2n) is 12.3. The Morgan fingerprint density at radius 2 is 1.44 bits per heavy atom. The predicted molar refractivity (Wildman–Crippen MR) is 196 cm³/mol. The summed E-state index contributed by atoms with van der Waals surface area (Å²) >= 11 is 1.73. The lowest BCUT2D eigenvalue weighted by atomic mass is 10.0. The van der Waals surface area contributed by atoms with Gasteiger partial charge >= 0.3 is 0 Å². The summed E-state index contributed by atoms with van der Waals surface area (Å²) in [6.07, 6.45) is -0.124. The fraction of sp³-hybridized carbons (Fsp3) is 0.225. The van der Waals surface area contributed by atoms with E-state index < -0.39 is 28.3 Å². The highest BCUT2D eigenvalue weighted by Crippen LogP contribution is 2.39. The van der Waals surface area contributed by atoms with Gasteiger partial charge in [-0.05, 0) is 66.4 Å². The standard InChI is InChI=1S/C40H40N2O6S2/c1-28-12-22-36(23-13-28)50(45,46)42-37(24-29-8-4-2-5-9-29)39(44)41-33-20-18-32(19-21-33)40-47-34(27-49-35-10-6-3-7-11-35)25-38(48-40)31-16-14-30(26-43)15-17-31/h2-23,34,37-38,40,42-43H,24-27H2,1H3,(H,41,44)/t34-,37+,38+,40+/m0/s1. The molecule has 0 spiro atoms. The maximum Gasteiger partial charge on any atom is 0.242 e. The molecule has 0 aliphatic carbocycles. The van der Waals surface area contributed by atoms with Crippen LogP contribution in [0.2, 0.25) is 0 Å². The first-order valence-corrected chi connectivity index (χ1v) is 18.9. The molecule has 10 heteroatoms. The van der Waals surface area contributed by atoms with Gasteiger partial charge in [-0.1, -0.05) is 103 Å². The second kappa shape index (κ2) is 16.6. The number of thioether (sulfide) groups is 1. The van der Waals surface area contributed by atoms with E-state index in [0.717, 1.165) is 38.5 Å². The SMILES string of the molecule is Cc1ccc(S(=O)(=O)N[C@H](Cc2ccccc2)C(=O)Nc2ccc([C@@H]3O[C@H](CSc4ccccc4)C[C@H](c4ccc(CO)cc4)O3)cc2)cc1. The van der Waals surface area contributed by atoms with Crippen LogP contribution in [0.3, 0.4) is 0 Å². The fourth-order valence-corrected chi connectivity index (χ4v) is 7.83. The van der Waals surface area contributed by atoms with Crippen molar-refractivity contribution in [3.05, 3.63) is 161 Å². The molecule has 0 aromatic heterocycles. The smallest absolute Gasteiger partial charge is 0.242 e. The lowest BCUT2D eigenvalue weighted by Gasteiger charge is -2.36. The number of aryl methyl sites for hydroxylation is 1. The Kier molecular flexibility index (Phi) is 11.8. The number of carbonyl (C=O) groups excluding carboxylic acids is 1. The van der Waals surface area contributed by atoms with Crippen molar-refractivity contribution in [2.45, 2.75) is 60.7 Å². The number of benzene rings is 5. The number of hydrogen-bond donors (Lipinski definition) is 3. The molecule has 1 aliphatic rings. The largest absolute Gasteiger partial charge is 0.392 e. The molecule has 0 unspecified atom stereocenters. The van der Waals surface area contributed by atoms with E-state index in [-0.39, 0.29) is 30.1 Å². The molecule has 0 saturated carbocycles. The van der Waals surface area contributed by atoms with Gasteiger partial charge in [0.25, 0.3) is 0 Å². The number of anilines is 1. The molecule has 5 aromatic rings. The van der Waals surface area contributed by atoms with Gasteiger partial charge in [0.15, 0.2) is 6.29 Å². The first kappa shape index (κ1) is 35.5. The molecule has 6 rings (SSSR count). The molecule has 8 nitrogen and oxygen atoms in total. The van der Waals surface area contributed by atoms with Crippen molar-refractivity contribution in [3.63, 3.8) is 0 Å². The number of rotatable bonds is 13. The van der Waals surface area contributed by atoms with Crippen molar-refractivity contribution in [1.29, 1.82) is 0 Å². The second-order valence-corrected chi connectivity index (χ2v) is 15.1. The third-order valence-electron chi connectivity index (χ3n) is 8.47. The van der Waals surface area contributed by atoms with Crippen molar-refractivity contribution in [2.75, 3.05) is 11.1 Å². The molecule has 4 atom stereocenters. The molecule has 3 N–H and O–H groups in total. The van der Waals surface area contributed by atoms with E-state index >= 15 is 0 Å². The Labute approximate surface area is 297 Å². The Balaban J connectivity index is 1.17. The number of carbonyl (C=O) groups is 1. The fourth-order valence-electron chi connectivity index (χ4n) is 5.69. The Morgan fingerprint density at radius 3 is 2.10 bits per heavy atom. The maximum atomic E-state index is 13.6. The maximum absolute atomic E-state index is 13.6. The number of hydrogen-bond acceptors (Lipinski definition) is 7. The molecule has 1 aliphatic heterocycles. The number of nitrogens with one attached hydrogen (secondary N) is 2. The predicted octanol–water partition coefficient (Wildman–Crippen LogP) is 7.35. The van der Waals surface area contributed by atoms with E-state index in [0.29, 0.717) is 12.1 Å². The molecule has 1 saturated heterocycles. The third kappa shape index (κ3) is 9.48. The van der Waals surface area contributed by atoms with Crippen molar-refractivity contribution < 1.29 is 27.8 Å². The van der Waals surface area contributed by atoms with E-state index in [4.69, 9.17) is 9.47 Å². The number of amides is 1. The Hall–Kier alpha value is -4.29. The molecule has 0 radical (unpaired) electrons. The Bertz CT molecular complexity index is 1940. The van der Waals surface area contributed by atoms with Gasteiger partial charge in [0.1, 0.15) is 6.04 Å². The van der Waals surface area contributed by atoms with Crippen LogP contribution in [0, 0.1) is 6.92 Å². The summed E-state index contributed by atoms with van der Waals surface area (Å²) in [7, 11) is -3.97. The highest BCUT2D eigenvalue weighted by atomic mass is 32.2. The van der Waals surface area contributed by atoms with Gasteiger partial charge in [0, 0.05) is 28.3 Å². The van der Waals surface area contributed by atoms with Gasteiger partial charge in [-0.2, -0.15) is 4.72 Å². The van der Waals surface area contributed by atoms with E-state index in [9.17, 15) is 18.3 Å². The van der Waals surface area contributed by atoms with Gasteiger partial charge in [-0.15, -0.1) is 11.8 Å². The van der Waals surface area contributed by atoms with Crippen LogP contribution in [0.4, 0.5) is 5.69 Å². The highest BCUT2D eigenvalue weighted by Gasteiger charge is 2.32. The number of sulfonamides is 1. The molecular formula is C40H40N2O6S2. The highest BCUT2D eigenvalue weighted by molar-refractivity contribution is 7.99. The number of aliphatic hydroxyl groups excluding tert-OH is 1. The van der Waals surface area contributed by atoms with Gasteiger partial charge < -0.3 is 19.9 Å². The first-order chi connectivity index (χ1) is 24.3. The molecule has 0 bridgehead atoms. The van der Waals surface area contributed by atoms with Gasteiger partial charge in [-0.25, -0.2) is 8.42 Å². The topological polar surface area (TPSA) is 114 Å². The van der Waals surface area contributed by atoms with E-state index in [1.807, 2.05) is 91.9 Å². The molecule has 1 amide bonds. The first-order valence-electron chi connectivity index (χ1n) is 16.5. The van der Waals surface area contributed by atoms with Crippen LogP contribution in [0.1, 0.15) is 46.6 Å². The zero-order valence-corrected chi connectivity index (χ0v) is 29.3. The quantitative estimate of drug-likeness (QED) is 0.110. The van der Waals surface area contributed by atoms with Crippen molar-refractivity contribution in [1.82, 2.24) is 4.72 Å². The Morgan fingerprint density at radius 1 is 0.800 bits per heavy atom. The van der Waals surface area contributed by atoms with Crippen LogP contribution < -0.4 is 10.0 Å². The normalized spacial score (nSPS) is 18.3. The number of aliphatic hydroxyl groups is 1. The van der Waals surface area contributed by atoms with Crippen LogP contribution in [-0.4, -0.2) is 37.3 Å². The van der Waals surface area contributed by atoms with E-state index in [1.54, 1.807) is 36.0 Å².